The van der Waals surface area contributed by atoms with Crippen molar-refractivity contribution in [2.45, 2.75) is 18.7 Å². The number of carbonyl (C=O) groups is 1. The lowest BCUT2D eigenvalue weighted by atomic mass is 10.2. The highest BCUT2D eigenvalue weighted by molar-refractivity contribution is 5.88. The molecular formula is C11H11F3N2O3. The first-order valence-corrected chi connectivity index (χ1v) is 5.56. The second-order valence-electron chi connectivity index (χ2n) is 4.11. The molecule has 0 radical (unpaired) electrons. The van der Waals surface area contributed by atoms with Crippen LogP contribution in [0, 0.1) is 0 Å². The predicted molar refractivity (Wildman–Crippen MR) is 58.1 cm³/mol. The Morgan fingerprint density at radius 3 is 2.74 bits per heavy atom. The van der Waals surface area contributed by atoms with Crippen molar-refractivity contribution in [1.82, 2.24) is 10.3 Å². The Labute approximate surface area is 106 Å². The molecule has 0 unspecified atom stereocenters. The summed E-state index contributed by atoms with van der Waals surface area (Å²) in [6.45, 7) is 1.20. The summed E-state index contributed by atoms with van der Waals surface area (Å²) in [5.74, 6) is -1.77. The van der Waals surface area contributed by atoms with Gasteiger partial charge in [0, 0.05) is 12.6 Å². The molecule has 1 aromatic rings. The minimum Gasteiger partial charge on any atom is -0.478 e. The van der Waals surface area contributed by atoms with Crippen LogP contribution in [0.15, 0.2) is 12.1 Å². The SMILES string of the molecule is O=C(O)c1cc(O[C@@H]2CCNC2)nc(C(F)(F)F)c1. The molecule has 5 nitrogen and oxygen atoms in total. The van der Waals surface area contributed by atoms with Crippen LogP contribution in [0.5, 0.6) is 5.88 Å². The lowest BCUT2D eigenvalue weighted by Crippen LogP contribution is -2.21. The molecule has 104 valence electrons. The number of alkyl halides is 3. The quantitative estimate of drug-likeness (QED) is 0.876. The van der Waals surface area contributed by atoms with Gasteiger partial charge < -0.3 is 15.2 Å². The summed E-state index contributed by atoms with van der Waals surface area (Å²) in [5.41, 5.74) is -1.77. The fourth-order valence-corrected chi connectivity index (χ4v) is 1.73. The zero-order valence-electron chi connectivity index (χ0n) is 9.70. The monoisotopic (exact) mass is 276 g/mol. The van der Waals surface area contributed by atoms with Gasteiger partial charge in [0.05, 0.1) is 5.56 Å². The van der Waals surface area contributed by atoms with Gasteiger partial charge in [0.25, 0.3) is 0 Å². The number of nitrogens with zero attached hydrogens (tertiary/aromatic N) is 1. The molecule has 1 aromatic heterocycles. The van der Waals surface area contributed by atoms with Gasteiger partial charge in [-0.3, -0.25) is 0 Å². The summed E-state index contributed by atoms with van der Waals surface area (Å²) in [4.78, 5) is 14.1. The number of nitrogens with one attached hydrogen (secondary N) is 1. The van der Waals surface area contributed by atoms with Crippen LogP contribution >= 0.6 is 0 Å². The smallest absolute Gasteiger partial charge is 0.433 e. The maximum Gasteiger partial charge on any atom is 0.433 e. The first kappa shape index (κ1) is 13.6. The Hall–Kier alpha value is -1.83. The summed E-state index contributed by atoms with van der Waals surface area (Å²) in [5, 5.41) is 11.8. The van der Waals surface area contributed by atoms with Crippen LogP contribution in [-0.4, -0.2) is 35.3 Å². The molecule has 0 saturated carbocycles. The van der Waals surface area contributed by atoms with E-state index in [1.807, 2.05) is 0 Å². The standard InChI is InChI=1S/C11H11F3N2O3/c12-11(13,14)8-3-6(10(17)18)4-9(16-8)19-7-1-2-15-5-7/h3-4,7,15H,1-2,5H2,(H,17,18)/t7-/m1/s1. The van der Waals surface area contributed by atoms with Crippen LogP contribution in [0.4, 0.5) is 13.2 Å². The van der Waals surface area contributed by atoms with Crippen LogP contribution in [0.25, 0.3) is 0 Å². The molecule has 2 N–H and O–H groups in total. The van der Waals surface area contributed by atoms with Gasteiger partial charge in [-0.1, -0.05) is 0 Å². The number of aromatic carboxylic acids is 1. The summed E-state index contributed by atoms with van der Waals surface area (Å²) in [6, 6.07) is 1.48. The molecule has 0 aliphatic carbocycles. The molecule has 1 atom stereocenters. The van der Waals surface area contributed by atoms with E-state index in [0.29, 0.717) is 25.6 Å². The molecule has 1 aliphatic rings. The first-order valence-electron chi connectivity index (χ1n) is 5.56. The van der Waals surface area contributed by atoms with Gasteiger partial charge in [-0.15, -0.1) is 0 Å². The van der Waals surface area contributed by atoms with Gasteiger partial charge in [-0.2, -0.15) is 13.2 Å². The fraction of sp³-hybridized carbons (Fsp3) is 0.455. The number of hydrogen-bond acceptors (Lipinski definition) is 4. The van der Waals surface area contributed by atoms with Crippen molar-refractivity contribution in [3.63, 3.8) is 0 Å². The van der Waals surface area contributed by atoms with Crippen molar-refractivity contribution >= 4 is 5.97 Å². The zero-order valence-corrected chi connectivity index (χ0v) is 9.70. The molecule has 1 saturated heterocycles. The van der Waals surface area contributed by atoms with Crippen LogP contribution < -0.4 is 10.1 Å². The Morgan fingerprint density at radius 2 is 2.21 bits per heavy atom. The predicted octanol–water partition coefficient (Wildman–Crippen LogP) is 1.54. The lowest BCUT2D eigenvalue weighted by molar-refractivity contribution is -0.141. The van der Waals surface area contributed by atoms with E-state index < -0.39 is 23.4 Å². The van der Waals surface area contributed by atoms with E-state index in [1.165, 1.54) is 0 Å². The number of rotatable bonds is 3. The van der Waals surface area contributed by atoms with E-state index in [9.17, 15) is 18.0 Å². The number of aromatic nitrogens is 1. The van der Waals surface area contributed by atoms with Crippen molar-refractivity contribution in [1.29, 1.82) is 0 Å². The first-order chi connectivity index (χ1) is 8.86. The van der Waals surface area contributed by atoms with Crippen LogP contribution in [0.1, 0.15) is 22.5 Å². The molecule has 8 heteroatoms. The number of hydrogen-bond donors (Lipinski definition) is 2. The van der Waals surface area contributed by atoms with Crippen LogP contribution in [0.2, 0.25) is 0 Å². The van der Waals surface area contributed by atoms with E-state index >= 15 is 0 Å². The maximum absolute atomic E-state index is 12.6. The molecule has 2 rings (SSSR count). The number of carboxylic acids is 1. The highest BCUT2D eigenvalue weighted by Gasteiger charge is 2.34. The third-order valence-electron chi connectivity index (χ3n) is 2.64. The van der Waals surface area contributed by atoms with Gasteiger partial charge in [0.2, 0.25) is 5.88 Å². The second-order valence-corrected chi connectivity index (χ2v) is 4.11. The molecule has 2 heterocycles. The van der Waals surface area contributed by atoms with Gasteiger partial charge in [-0.05, 0) is 19.0 Å². The van der Waals surface area contributed by atoms with Gasteiger partial charge in [0.15, 0.2) is 0 Å². The number of carboxylic acid groups (broad SMARTS) is 1. The number of pyridine rings is 1. The zero-order chi connectivity index (χ0) is 14.0. The Bertz CT molecular complexity index is 485. The Morgan fingerprint density at radius 1 is 1.47 bits per heavy atom. The number of ether oxygens (including phenoxy) is 1. The van der Waals surface area contributed by atoms with Gasteiger partial charge in [-0.25, -0.2) is 9.78 Å². The van der Waals surface area contributed by atoms with Gasteiger partial charge >= 0.3 is 12.1 Å². The Kier molecular flexibility index (Phi) is 3.61. The molecule has 19 heavy (non-hydrogen) atoms. The molecule has 1 fully saturated rings. The van der Waals surface area contributed by atoms with Gasteiger partial charge in [0.1, 0.15) is 11.8 Å². The summed E-state index contributed by atoms with van der Waals surface area (Å²) in [7, 11) is 0. The third kappa shape index (κ3) is 3.34. The highest BCUT2D eigenvalue weighted by Crippen LogP contribution is 2.30. The van der Waals surface area contributed by atoms with Crippen molar-refractivity contribution in [2.75, 3.05) is 13.1 Å². The van der Waals surface area contributed by atoms with Crippen molar-refractivity contribution in [3.05, 3.63) is 23.4 Å². The summed E-state index contributed by atoms with van der Waals surface area (Å²) >= 11 is 0. The molecular weight excluding hydrogens is 265 g/mol. The second kappa shape index (κ2) is 5.04. The molecule has 0 amide bonds. The van der Waals surface area contributed by atoms with E-state index in [4.69, 9.17) is 9.84 Å². The highest BCUT2D eigenvalue weighted by atomic mass is 19.4. The van der Waals surface area contributed by atoms with E-state index in [-0.39, 0.29) is 12.0 Å². The summed E-state index contributed by atoms with van der Waals surface area (Å²) < 4.78 is 43.1. The topological polar surface area (TPSA) is 71.5 Å². The van der Waals surface area contributed by atoms with E-state index in [0.717, 1.165) is 6.07 Å². The summed E-state index contributed by atoms with van der Waals surface area (Å²) in [6.07, 6.45) is -4.37. The molecule has 0 spiro atoms. The minimum atomic E-state index is -4.71. The largest absolute Gasteiger partial charge is 0.478 e. The van der Waals surface area contributed by atoms with E-state index in [1.54, 1.807) is 0 Å². The maximum atomic E-state index is 12.6. The third-order valence-corrected chi connectivity index (χ3v) is 2.64. The van der Waals surface area contributed by atoms with Crippen LogP contribution in [0.3, 0.4) is 0 Å². The Balaban J connectivity index is 2.31. The van der Waals surface area contributed by atoms with Crippen molar-refractivity contribution in [2.24, 2.45) is 0 Å². The lowest BCUT2D eigenvalue weighted by Gasteiger charge is -2.14. The van der Waals surface area contributed by atoms with E-state index in [2.05, 4.69) is 10.3 Å². The van der Waals surface area contributed by atoms with Crippen molar-refractivity contribution in [3.8, 4) is 5.88 Å². The fourth-order valence-electron chi connectivity index (χ4n) is 1.73. The molecule has 0 aromatic carbocycles. The number of halogens is 3. The van der Waals surface area contributed by atoms with Crippen molar-refractivity contribution < 1.29 is 27.8 Å². The normalized spacial score (nSPS) is 19.4. The molecule has 1 aliphatic heterocycles. The van der Waals surface area contributed by atoms with Crippen LogP contribution in [-0.2, 0) is 6.18 Å². The average Bonchev–Trinajstić information content (AvgIpc) is 2.80. The minimum absolute atomic E-state index is 0.294. The average molecular weight is 276 g/mol. The molecule has 0 bridgehead atoms.